The number of carbonyl (C=O) groups excluding carboxylic acids is 1. The highest BCUT2D eigenvalue weighted by Crippen LogP contribution is 2.15. The van der Waals surface area contributed by atoms with Gasteiger partial charge in [0, 0.05) is 45.5 Å². The smallest absolute Gasteiger partial charge is 0.315 e. The Morgan fingerprint density at radius 1 is 1.23 bits per heavy atom. The van der Waals surface area contributed by atoms with E-state index in [1.165, 1.54) is 19.3 Å². The number of pyridine rings is 1. The zero-order chi connectivity index (χ0) is 18.8. The number of carbonyl (C=O) groups is 1. The lowest BCUT2D eigenvalue weighted by atomic mass is 9.99. The van der Waals surface area contributed by atoms with Crippen LogP contribution in [0.25, 0.3) is 0 Å². The van der Waals surface area contributed by atoms with Crippen LogP contribution in [0.1, 0.15) is 45.1 Å². The largest absolute Gasteiger partial charge is 0.354 e. The fraction of sp³-hybridized carbons (Fsp3) is 0.700. The van der Waals surface area contributed by atoms with Crippen molar-refractivity contribution in [1.82, 2.24) is 20.5 Å². The SMILES string of the molecule is CCCCC(CC)CNC(=O)NCc1ccnc(N2CCN(C)CC2)c1. The van der Waals surface area contributed by atoms with Crippen LogP contribution in [0.15, 0.2) is 18.3 Å². The summed E-state index contributed by atoms with van der Waals surface area (Å²) in [6, 6.07) is 3.97. The Balaban J connectivity index is 1.76. The van der Waals surface area contributed by atoms with Crippen LogP contribution < -0.4 is 15.5 Å². The van der Waals surface area contributed by atoms with Gasteiger partial charge in [0.2, 0.25) is 0 Å². The first-order valence-corrected chi connectivity index (χ1v) is 10.0. The number of urea groups is 1. The van der Waals surface area contributed by atoms with Gasteiger partial charge in [-0.25, -0.2) is 9.78 Å². The number of likely N-dealkylation sites (N-methyl/N-ethyl adjacent to an activating group) is 1. The van der Waals surface area contributed by atoms with Crippen LogP contribution in [0.2, 0.25) is 0 Å². The summed E-state index contributed by atoms with van der Waals surface area (Å²) < 4.78 is 0. The van der Waals surface area contributed by atoms with Crippen molar-refractivity contribution in [2.45, 2.75) is 46.1 Å². The molecule has 0 bridgehead atoms. The molecule has 1 fully saturated rings. The average molecular weight is 362 g/mol. The summed E-state index contributed by atoms with van der Waals surface area (Å²) in [4.78, 5) is 21.2. The second-order valence-electron chi connectivity index (χ2n) is 7.29. The molecule has 0 spiro atoms. The predicted molar refractivity (Wildman–Crippen MR) is 107 cm³/mol. The van der Waals surface area contributed by atoms with E-state index in [0.717, 1.165) is 50.5 Å². The molecular formula is C20H35N5O. The highest BCUT2D eigenvalue weighted by Gasteiger charge is 2.15. The van der Waals surface area contributed by atoms with Crippen molar-refractivity contribution in [3.63, 3.8) is 0 Å². The fourth-order valence-electron chi connectivity index (χ4n) is 3.20. The molecule has 146 valence electrons. The molecule has 2 N–H and O–H groups in total. The normalized spacial score (nSPS) is 16.3. The summed E-state index contributed by atoms with van der Waals surface area (Å²) in [5.41, 5.74) is 1.09. The fourth-order valence-corrected chi connectivity index (χ4v) is 3.20. The van der Waals surface area contributed by atoms with E-state index >= 15 is 0 Å². The van der Waals surface area contributed by atoms with Gasteiger partial charge in [-0.15, -0.1) is 0 Å². The lowest BCUT2D eigenvalue weighted by molar-refractivity contribution is 0.237. The Kier molecular flexibility index (Phi) is 8.68. The molecule has 0 saturated carbocycles. The number of piperazine rings is 1. The number of nitrogens with one attached hydrogen (secondary N) is 2. The number of amides is 2. The molecule has 1 saturated heterocycles. The minimum atomic E-state index is -0.0853. The summed E-state index contributed by atoms with van der Waals surface area (Å²) in [5, 5.41) is 5.98. The van der Waals surface area contributed by atoms with Gasteiger partial charge in [-0.2, -0.15) is 0 Å². The third-order valence-corrected chi connectivity index (χ3v) is 5.18. The maximum Gasteiger partial charge on any atom is 0.315 e. The average Bonchev–Trinajstić information content (AvgIpc) is 2.67. The standard InChI is InChI=1S/C20H35N5O/c1-4-6-7-17(5-2)15-22-20(26)23-16-18-8-9-21-19(14-18)25-12-10-24(3)11-13-25/h8-9,14,17H,4-7,10-13,15-16H2,1-3H3,(H2,22,23,26). The Morgan fingerprint density at radius 3 is 2.69 bits per heavy atom. The molecule has 1 aromatic rings. The molecular weight excluding hydrogens is 326 g/mol. The third-order valence-electron chi connectivity index (χ3n) is 5.18. The predicted octanol–water partition coefficient (Wildman–Crippen LogP) is 2.85. The minimum Gasteiger partial charge on any atom is -0.354 e. The monoisotopic (exact) mass is 361 g/mol. The lowest BCUT2D eigenvalue weighted by Gasteiger charge is -2.33. The lowest BCUT2D eigenvalue weighted by Crippen LogP contribution is -2.44. The molecule has 0 aliphatic carbocycles. The van der Waals surface area contributed by atoms with Crippen LogP contribution in [-0.2, 0) is 6.54 Å². The molecule has 1 unspecified atom stereocenters. The third kappa shape index (κ3) is 6.83. The molecule has 1 atom stereocenters. The van der Waals surface area contributed by atoms with Gasteiger partial charge < -0.3 is 20.4 Å². The number of unbranched alkanes of at least 4 members (excludes halogenated alkanes) is 1. The van der Waals surface area contributed by atoms with Crippen molar-refractivity contribution >= 4 is 11.8 Å². The summed E-state index contributed by atoms with van der Waals surface area (Å²) >= 11 is 0. The van der Waals surface area contributed by atoms with Gasteiger partial charge in [0.25, 0.3) is 0 Å². The van der Waals surface area contributed by atoms with Crippen LogP contribution in [0.5, 0.6) is 0 Å². The maximum atomic E-state index is 12.1. The number of rotatable bonds is 9. The van der Waals surface area contributed by atoms with E-state index in [1.54, 1.807) is 0 Å². The van der Waals surface area contributed by atoms with Crippen molar-refractivity contribution in [2.24, 2.45) is 5.92 Å². The van der Waals surface area contributed by atoms with E-state index in [4.69, 9.17) is 0 Å². The Bertz CT molecular complexity index is 543. The summed E-state index contributed by atoms with van der Waals surface area (Å²) in [6.07, 6.45) is 6.57. The van der Waals surface area contributed by atoms with Crippen LogP contribution in [0.4, 0.5) is 10.6 Å². The Morgan fingerprint density at radius 2 is 2.00 bits per heavy atom. The zero-order valence-electron chi connectivity index (χ0n) is 16.6. The number of hydrogen-bond donors (Lipinski definition) is 2. The van der Waals surface area contributed by atoms with Gasteiger partial charge in [0.1, 0.15) is 5.82 Å². The maximum absolute atomic E-state index is 12.1. The van der Waals surface area contributed by atoms with Crippen LogP contribution >= 0.6 is 0 Å². The van der Waals surface area contributed by atoms with Gasteiger partial charge in [-0.05, 0) is 37.1 Å². The van der Waals surface area contributed by atoms with Crippen molar-refractivity contribution in [3.05, 3.63) is 23.9 Å². The van der Waals surface area contributed by atoms with Crippen molar-refractivity contribution in [2.75, 3.05) is 44.7 Å². The van der Waals surface area contributed by atoms with E-state index in [-0.39, 0.29) is 6.03 Å². The molecule has 6 heteroatoms. The first-order chi connectivity index (χ1) is 12.6. The molecule has 26 heavy (non-hydrogen) atoms. The second-order valence-corrected chi connectivity index (χ2v) is 7.29. The van der Waals surface area contributed by atoms with Gasteiger partial charge >= 0.3 is 6.03 Å². The van der Waals surface area contributed by atoms with E-state index in [0.29, 0.717) is 12.5 Å². The summed E-state index contributed by atoms with van der Waals surface area (Å²) in [6.45, 7) is 9.79. The van der Waals surface area contributed by atoms with Crippen molar-refractivity contribution < 1.29 is 4.79 Å². The zero-order valence-corrected chi connectivity index (χ0v) is 16.6. The van der Waals surface area contributed by atoms with E-state index in [2.05, 4.69) is 52.4 Å². The number of aromatic nitrogens is 1. The Hall–Kier alpha value is -1.82. The van der Waals surface area contributed by atoms with Gasteiger partial charge in [-0.1, -0.05) is 33.1 Å². The van der Waals surface area contributed by atoms with Gasteiger partial charge in [-0.3, -0.25) is 0 Å². The van der Waals surface area contributed by atoms with Crippen molar-refractivity contribution in [1.29, 1.82) is 0 Å². The molecule has 1 aliphatic rings. The number of hydrogen-bond acceptors (Lipinski definition) is 4. The first kappa shape index (κ1) is 20.5. The van der Waals surface area contributed by atoms with Crippen molar-refractivity contribution in [3.8, 4) is 0 Å². The van der Waals surface area contributed by atoms with Crippen LogP contribution in [0.3, 0.4) is 0 Å². The molecule has 2 heterocycles. The van der Waals surface area contributed by atoms with Gasteiger partial charge in [0.15, 0.2) is 0 Å². The highest BCUT2D eigenvalue weighted by atomic mass is 16.2. The van der Waals surface area contributed by atoms with Gasteiger partial charge in [0.05, 0.1) is 0 Å². The van der Waals surface area contributed by atoms with E-state index in [1.807, 2.05) is 12.3 Å². The molecule has 1 aliphatic heterocycles. The molecule has 6 nitrogen and oxygen atoms in total. The number of nitrogens with zero attached hydrogens (tertiary/aromatic N) is 3. The minimum absolute atomic E-state index is 0.0853. The Labute approximate surface area is 158 Å². The summed E-state index contributed by atoms with van der Waals surface area (Å²) in [7, 11) is 2.15. The first-order valence-electron chi connectivity index (χ1n) is 10.0. The summed E-state index contributed by atoms with van der Waals surface area (Å²) in [5.74, 6) is 1.58. The van der Waals surface area contributed by atoms with Crippen LogP contribution in [-0.4, -0.2) is 55.7 Å². The van der Waals surface area contributed by atoms with E-state index < -0.39 is 0 Å². The second kappa shape index (κ2) is 11.0. The van der Waals surface area contributed by atoms with Crippen LogP contribution in [0, 0.1) is 5.92 Å². The quantitative estimate of drug-likeness (QED) is 0.710. The van der Waals surface area contributed by atoms with E-state index in [9.17, 15) is 4.79 Å². The molecule has 2 amide bonds. The number of anilines is 1. The molecule has 0 aromatic carbocycles. The highest BCUT2D eigenvalue weighted by molar-refractivity contribution is 5.73. The topological polar surface area (TPSA) is 60.5 Å². The molecule has 2 rings (SSSR count). The molecule has 0 radical (unpaired) electrons. The molecule has 1 aromatic heterocycles.